The van der Waals surface area contributed by atoms with E-state index in [9.17, 15) is 0 Å². The summed E-state index contributed by atoms with van der Waals surface area (Å²) in [4.78, 5) is 0. The van der Waals surface area contributed by atoms with Crippen LogP contribution in [0.1, 0.15) is 59.3 Å². The lowest BCUT2D eigenvalue weighted by molar-refractivity contribution is 0.110. The van der Waals surface area contributed by atoms with Gasteiger partial charge in [0.15, 0.2) is 0 Å². The summed E-state index contributed by atoms with van der Waals surface area (Å²) in [6.45, 7) is 13.3. The molecule has 3 heteroatoms. The fourth-order valence-electron chi connectivity index (χ4n) is 1.79. The Labute approximate surface area is 109 Å². The monoisotopic (exact) mass is 258 g/mol. The van der Waals surface area contributed by atoms with E-state index in [-0.39, 0.29) is 0 Å². The first-order valence-corrected chi connectivity index (χ1v) is 9.46. The van der Waals surface area contributed by atoms with Crippen molar-refractivity contribution in [2.45, 2.75) is 71.9 Å². The van der Waals surface area contributed by atoms with Crippen molar-refractivity contribution in [2.75, 3.05) is 6.61 Å². The van der Waals surface area contributed by atoms with Crippen LogP contribution in [0.2, 0.25) is 6.55 Å². The molecule has 2 nitrogen and oxygen atoms in total. The third-order valence-corrected chi connectivity index (χ3v) is 5.17. The van der Waals surface area contributed by atoms with Gasteiger partial charge in [0.25, 0.3) is 0 Å². The minimum absolute atomic E-state index is 0.353. The number of unbranched alkanes of at least 4 members (excludes halogenated alkanes) is 1. The highest BCUT2D eigenvalue weighted by atomic mass is 28.4. The second-order valence-electron chi connectivity index (χ2n) is 4.74. The van der Waals surface area contributed by atoms with Gasteiger partial charge >= 0.3 is 8.56 Å². The van der Waals surface area contributed by atoms with Crippen LogP contribution in [0.15, 0.2) is 12.3 Å². The quantitative estimate of drug-likeness (QED) is 0.505. The molecule has 0 N–H and O–H groups in total. The second-order valence-corrected chi connectivity index (χ2v) is 7.70. The minimum Gasteiger partial charge on any atom is -0.391 e. The fraction of sp³-hybridized carbons (Fsp3) is 0.857. The maximum Gasteiger partial charge on any atom is 0.361 e. The van der Waals surface area contributed by atoms with Crippen molar-refractivity contribution in [3.63, 3.8) is 0 Å². The van der Waals surface area contributed by atoms with Gasteiger partial charge in [-0.05, 0) is 31.5 Å². The molecule has 0 aliphatic rings. The van der Waals surface area contributed by atoms with Gasteiger partial charge in [-0.2, -0.15) is 0 Å². The van der Waals surface area contributed by atoms with E-state index >= 15 is 0 Å². The Morgan fingerprint density at radius 1 is 1.12 bits per heavy atom. The van der Waals surface area contributed by atoms with E-state index in [4.69, 9.17) is 8.85 Å². The van der Waals surface area contributed by atoms with Crippen molar-refractivity contribution in [2.24, 2.45) is 0 Å². The van der Waals surface area contributed by atoms with Gasteiger partial charge in [0.2, 0.25) is 0 Å². The molecular weight excluding hydrogens is 228 g/mol. The molecule has 0 spiro atoms. The van der Waals surface area contributed by atoms with Gasteiger partial charge in [-0.15, -0.1) is 6.58 Å². The molecule has 0 bridgehead atoms. The molecule has 0 aromatic carbocycles. The summed E-state index contributed by atoms with van der Waals surface area (Å²) in [7, 11) is -2.13. The summed E-state index contributed by atoms with van der Waals surface area (Å²) in [5, 5.41) is 0. The Balaban J connectivity index is 4.29. The number of hydrogen-bond donors (Lipinski definition) is 0. The Morgan fingerprint density at radius 3 is 2.29 bits per heavy atom. The smallest absolute Gasteiger partial charge is 0.361 e. The average Bonchev–Trinajstić information content (AvgIpc) is 2.34. The Hall–Kier alpha value is -0.123. The fourth-order valence-corrected chi connectivity index (χ4v) is 3.58. The van der Waals surface area contributed by atoms with Crippen molar-refractivity contribution in [3.05, 3.63) is 12.3 Å². The highest BCUT2D eigenvalue weighted by Gasteiger charge is 2.30. The third-order valence-electron chi connectivity index (χ3n) is 2.85. The van der Waals surface area contributed by atoms with Crippen molar-refractivity contribution < 1.29 is 8.85 Å². The molecule has 0 amide bonds. The normalized spacial score (nSPS) is 16.5. The maximum atomic E-state index is 6.23. The van der Waals surface area contributed by atoms with Crippen molar-refractivity contribution in [1.82, 2.24) is 0 Å². The van der Waals surface area contributed by atoms with Crippen LogP contribution in [0, 0.1) is 0 Å². The van der Waals surface area contributed by atoms with Crippen LogP contribution in [0.4, 0.5) is 0 Å². The lowest BCUT2D eigenvalue weighted by Gasteiger charge is -2.29. The Kier molecular flexibility index (Phi) is 9.79. The maximum absolute atomic E-state index is 6.23. The first-order chi connectivity index (χ1) is 8.11. The summed E-state index contributed by atoms with van der Waals surface area (Å²) in [6, 6.07) is 0. The molecule has 0 aliphatic carbocycles. The largest absolute Gasteiger partial charge is 0.391 e. The third kappa shape index (κ3) is 7.74. The highest BCUT2D eigenvalue weighted by Crippen LogP contribution is 2.19. The predicted molar refractivity (Wildman–Crippen MR) is 77.4 cm³/mol. The predicted octanol–water partition coefficient (Wildman–Crippen LogP) is 4.59. The van der Waals surface area contributed by atoms with Crippen LogP contribution in [-0.4, -0.2) is 21.3 Å². The molecule has 102 valence electrons. The molecule has 0 heterocycles. The summed E-state index contributed by atoms with van der Waals surface area (Å²) in [5.41, 5.74) is 1.91. The first kappa shape index (κ1) is 16.9. The van der Waals surface area contributed by atoms with Crippen molar-refractivity contribution in [3.8, 4) is 0 Å². The van der Waals surface area contributed by atoms with E-state index in [1.54, 1.807) is 0 Å². The Morgan fingerprint density at radius 2 is 1.82 bits per heavy atom. The van der Waals surface area contributed by atoms with Gasteiger partial charge in [0.1, 0.15) is 0 Å². The molecule has 2 unspecified atom stereocenters. The zero-order valence-corrected chi connectivity index (χ0v) is 13.1. The summed E-state index contributed by atoms with van der Waals surface area (Å²) >= 11 is 0. The van der Waals surface area contributed by atoms with E-state index in [2.05, 4.69) is 33.9 Å². The minimum atomic E-state index is -2.13. The van der Waals surface area contributed by atoms with E-state index < -0.39 is 8.56 Å². The average molecular weight is 258 g/mol. The van der Waals surface area contributed by atoms with E-state index in [0.29, 0.717) is 6.10 Å². The zero-order valence-electron chi connectivity index (χ0n) is 12.1. The van der Waals surface area contributed by atoms with Gasteiger partial charge in [0, 0.05) is 12.7 Å². The van der Waals surface area contributed by atoms with Gasteiger partial charge in [0.05, 0.1) is 0 Å². The van der Waals surface area contributed by atoms with Crippen LogP contribution in [-0.2, 0) is 8.85 Å². The lowest BCUT2D eigenvalue weighted by Crippen LogP contribution is -2.40. The topological polar surface area (TPSA) is 18.5 Å². The molecule has 0 saturated carbocycles. The summed E-state index contributed by atoms with van der Waals surface area (Å²) in [5.74, 6) is 0. The molecule has 0 saturated heterocycles. The molecule has 0 aromatic rings. The van der Waals surface area contributed by atoms with Gasteiger partial charge in [-0.3, -0.25) is 0 Å². The van der Waals surface area contributed by atoms with Crippen LogP contribution in [0.3, 0.4) is 0 Å². The molecule has 0 aromatic heterocycles. The molecule has 2 atom stereocenters. The van der Waals surface area contributed by atoms with Gasteiger partial charge in [-0.25, -0.2) is 0 Å². The molecular formula is C14H30O2Si. The van der Waals surface area contributed by atoms with Crippen LogP contribution in [0.5, 0.6) is 0 Å². The van der Waals surface area contributed by atoms with Crippen LogP contribution in [0.25, 0.3) is 0 Å². The Bertz CT molecular complexity index is 197. The molecule has 0 aliphatic heterocycles. The summed E-state index contributed by atoms with van der Waals surface area (Å²) in [6.07, 6.45) is 7.30. The van der Waals surface area contributed by atoms with Crippen molar-refractivity contribution >= 4 is 8.56 Å². The van der Waals surface area contributed by atoms with Crippen LogP contribution >= 0.6 is 0 Å². The second kappa shape index (κ2) is 9.86. The van der Waals surface area contributed by atoms with E-state index in [1.165, 1.54) is 19.3 Å². The molecule has 0 fully saturated rings. The molecule has 17 heavy (non-hydrogen) atoms. The van der Waals surface area contributed by atoms with Crippen LogP contribution < -0.4 is 0 Å². The van der Waals surface area contributed by atoms with Crippen molar-refractivity contribution in [1.29, 1.82) is 0 Å². The van der Waals surface area contributed by atoms with Gasteiger partial charge in [-0.1, -0.05) is 40.0 Å². The number of hydrogen-bond acceptors (Lipinski definition) is 2. The van der Waals surface area contributed by atoms with E-state index in [1.807, 2.05) is 5.70 Å². The molecule has 0 radical (unpaired) electrons. The SMILES string of the molecule is C=C[Si](C)(OCCC)OC(CCC)CCCC. The number of rotatable bonds is 11. The first-order valence-electron chi connectivity index (χ1n) is 7.07. The zero-order chi connectivity index (χ0) is 13.1. The molecule has 0 rings (SSSR count). The summed E-state index contributed by atoms with van der Waals surface area (Å²) < 4.78 is 12.1. The lowest BCUT2D eigenvalue weighted by atomic mass is 10.1. The standard InChI is InChI=1S/C14H30O2Si/c1-6-10-12-14(11-7-2)16-17(5,9-4)15-13-8-3/h9,14H,4,6-8,10-13H2,1-3,5H3. The van der Waals surface area contributed by atoms with E-state index in [0.717, 1.165) is 25.9 Å². The highest BCUT2D eigenvalue weighted by molar-refractivity contribution is 6.71. The van der Waals surface area contributed by atoms with Gasteiger partial charge < -0.3 is 8.85 Å².